The Morgan fingerprint density at radius 3 is 2.87 bits per heavy atom. The fourth-order valence-electron chi connectivity index (χ4n) is 1.96. The summed E-state index contributed by atoms with van der Waals surface area (Å²) in [5.41, 5.74) is 5.78. The van der Waals surface area contributed by atoms with Gasteiger partial charge in [0.05, 0.1) is 6.04 Å². The second kappa shape index (κ2) is 5.28. The van der Waals surface area contributed by atoms with Gasteiger partial charge in [-0.2, -0.15) is 0 Å². The monoisotopic (exact) mass is 211 g/mol. The lowest BCUT2D eigenvalue weighted by atomic mass is 10.1. The zero-order valence-corrected chi connectivity index (χ0v) is 9.65. The summed E-state index contributed by atoms with van der Waals surface area (Å²) in [6.07, 6.45) is 2.25. The molecule has 0 bridgehead atoms. The van der Waals surface area contributed by atoms with Crippen LogP contribution in [-0.4, -0.2) is 54.5 Å². The topological polar surface area (TPSA) is 49.6 Å². The van der Waals surface area contributed by atoms with Crippen LogP contribution in [0.25, 0.3) is 0 Å². The van der Waals surface area contributed by atoms with E-state index in [-0.39, 0.29) is 11.9 Å². The number of hydrogen-bond donors (Lipinski definition) is 1. The van der Waals surface area contributed by atoms with Gasteiger partial charge < -0.3 is 15.5 Å². The number of carbonyl (C=O) groups excluding carboxylic acids is 1. The molecule has 2 unspecified atom stereocenters. The number of hydrogen-bond acceptors (Lipinski definition) is 3. The van der Waals surface area contributed by atoms with Gasteiger partial charge in [0.15, 0.2) is 0 Å². The molecule has 2 N–H and O–H groups in total. The number of rotatable bonds is 3. The van der Waals surface area contributed by atoms with E-state index in [1.807, 2.05) is 4.90 Å². The molecule has 1 fully saturated rings. The second-order valence-electron chi connectivity index (χ2n) is 4.27. The van der Waals surface area contributed by atoms with Crippen LogP contribution in [0.15, 0.2) is 12.7 Å². The van der Waals surface area contributed by atoms with Gasteiger partial charge in [0.1, 0.15) is 0 Å². The van der Waals surface area contributed by atoms with E-state index in [4.69, 9.17) is 5.73 Å². The highest BCUT2D eigenvalue weighted by Gasteiger charge is 2.28. The molecule has 0 aromatic rings. The summed E-state index contributed by atoms with van der Waals surface area (Å²) >= 11 is 0. The molecule has 1 aliphatic heterocycles. The maximum absolute atomic E-state index is 11.9. The highest BCUT2D eigenvalue weighted by molar-refractivity contribution is 5.82. The smallest absolute Gasteiger partial charge is 0.240 e. The van der Waals surface area contributed by atoms with Gasteiger partial charge in [-0.1, -0.05) is 6.08 Å². The molecule has 0 aliphatic carbocycles. The number of likely N-dealkylation sites (N-methyl/N-ethyl adjacent to an activating group) is 1. The van der Waals surface area contributed by atoms with Gasteiger partial charge in [0.25, 0.3) is 0 Å². The molecule has 4 nitrogen and oxygen atoms in total. The average Bonchev–Trinajstić information content (AvgIpc) is 2.17. The van der Waals surface area contributed by atoms with E-state index < -0.39 is 6.04 Å². The van der Waals surface area contributed by atoms with Crippen molar-refractivity contribution in [3.63, 3.8) is 0 Å². The van der Waals surface area contributed by atoms with Crippen LogP contribution in [0, 0.1) is 0 Å². The lowest BCUT2D eigenvalue weighted by molar-refractivity contribution is -0.136. The van der Waals surface area contributed by atoms with Crippen LogP contribution in [-0.2, 0) is 4.79 Å². The minimum absolute atomic E-state index is 0.0514. The number of nitrogens with zero attached hydrogens (tertiary/aromatic N) is 2. The van der Waals surface area contributed by atoms with Gasteiger partial charge in [0.2, 0.25) is 5.91 Å². The summed E-state index contributed by atoms with van der Waals surface area (Å²) in [4.78, 5) is 16.1. The van der Waals surface area contributed by atoms with E-state index in [2.05, 4.69) is 25.5 Å². The highest BCUT2D eigenvalue weighted by Crippen LogP contribution is 2.10. The number of carbonyl (C=O) groups is 1. The zero-order valence-electron chi connectivity index (χ0n) is 9.65. The maximum Gasteiger partial charge on any atom is 0.240 e. The SMILES string of the molecule is C=CCC(N)C(=O)N1CCN(C)CC1C. The minimum Gasteiger partial charge on any atom is -0.336 e. The number of amides is 1. The Kier molecular flexibility index (Phi) is 4.29. The molecule has 1 heterocycles. The van der Waals surface area contributed by atoms with Crippen molar-refractivity contribution in [1.29, 1.82) is 0 Å². The lowest BCUT2D eigenvalue weighted by Crippen LogP contribution is -2.56. The van der Waals surface area contributed by atoms with Crippen LogP contribution in [0.5, 0.6) is 0 Å². The third-order valence-corrected chi connectivity index (χ3v) is 2.85. The third kappa shape index (κ3) is 3.04. The third-order valence-electron chi connectivity index (χ3n) is 2.85. The van der Waals surface area contributed by atoms with Crippen LogP contribution in [0.4, 0.5) is 0 Å². The molecule has 86 valence electrons. The molecule has 1 amide bonds. The van der Waals surface area contributed by atoms with Crippen LogP contribution >= 0.6 is 0 Å². The predicted octanol–water partition coefficient (Wildman–Crippen LogP) is 0.0523. The zero-order chi connectivity index (χ0) is 11.4. The van der Waals surface area contributed by atoms with E-state index in [1.54, 1.807) is 6.08 Å². The van der Waals surface area contributed by atoms with Crippen LogP contribution in [0.2, 0.25) is 0 Å². The molecule has 1 saturated heterocycles. The predicted molar refractivity (Wildman–Crippen MR) is 61.5 cm³/mol. The van der Waals surface area contributed by atoms with Gasteiger partial charge in [0, 0.05) is 25.7 Å². The summed E-state index contributed by atoms with van der Waals surface area (Å²) in [5.74, 6) is 0.0514. The van der Waals surface area contributed by atoms with E-state index in [0.29, 0.717) is 6.42 Å². The van der Waals surface area contributed by atoms with Crippen molar-refractivity contribution in [3.8, 4) is 0 Å². The number of nitrogens with two attached hydrogens (primary N) is 1. The molecule has 2 atom stereocenters. The minimum atomic E-state index is -0.423. The summed E-state index contributed by atoms with van der Waals surface area (Å²) in [5, 5.41) is 0. The Labute approximate surface area is 91.7 Å². The molecular weight excluding hydrogens is 190 g/mol. The fraction of sp³-hybridized carbons (Fsp3) is 0.727. The Morgan fingerprint density at radius 2 is 2.33 bits per heavy atom. The first kappa shape index (κ1) is 12.2. The van der Waals surface area contributed by atoms with Gasteiger partial charge in [-0.25, -0.2) is 0 Å². The van der Waals surface area contributed by atoms with Crippen molar-refractivity contribution in [2.45, 2.75) is 25.4 Å². The molecule has 0 aromatic heterocycles. The highest BCUT2D eigenvalue weighted by atomic mass is 16.2. The van der Waals surface area contributed by atoms with Crippen LogP contribution < -0.4 is 5.73 Å². The molecule has 0 saturated carbocycles. The average molecular weight is 211 g/mol. The summed E-state index contributed by atoms with van der Waals surface area (Å²) in [6.45, 7) is 8.29. The fourth-order valence-corrected chi connectivity index (χ4v) is 1.96. The second-order valence-corrected chi connectivity index (χ2v) is 4.27. The molecule has 1 aliphatic rings. The first-order valence-electron chi connectivity index (χ1n) is 5.41. The summed E-state index contributed by atoms with van der Waals surface area (Å²) < 4.78 is 0. The van der Waals surface area contributed by atoms with Crippen molar-refractivity contribution in [3.05, 3.63) is 12.7 Å². The van der Waals surface area contributed by atoms with Gasteiger partial charge >= 0.3 is 0 Å². The molecule has 0 spiro atoms. The maximum atomic E-state index is 11.9. The van der Waals surface area contributed by atoms with Crippen molar-refractivity contribution in [1.82, 2.24) is 9.80 Å². The van der Waals surface area contributed by atoms with E-state index >= 15 is 0 Å². The van der Waals surface area contributed by atoms with E-state index in [1.165, 1.54) is 0 Å². The molecule has 15 heavy (non-hydrogen) atoms. The lowest BCUT2D eigenvalue weighted by Gasteiger charge is -2.39. The molecule has 0 radical (unpaired) electrons. The Balaban J connectivity index is 2.55. The van der Waals surface area contributed by atoms with Gasteiger partial charge in [-0.15, -0.1) is 6.58 Å². The van der Waals surface area contributed by atoms with Crippen molar-refractivity contribution in [2.24, 2.45) is 5.73 Å². The Morgan fingerprint density at radius 1 is 1.67 bits per heavy atom. The first-order valence-corrected chi connectivity index (χ1v) is 5.41. The van der Waals surface area contributed by atoms with E-state index in [9.17, 15) is 4.79 Å². The first-order chi connectivity index (χ1) is 7.06. The van der Waals surface area contributed by atoms with Crippen molar-refractivity contribution < 1.29 is 4.79 Å². The number of piperazine rings is 1. The summed E-state index contributed by atoms with van der Waals surface area (Å²) in [6, 6.07) is -0.166. The molecule has 1 rings (SSSR count). The Hall–Kier alpha value is -0.870. The van der Waals surface area contributed by atoms with Crippen molar-refractivity contribution in [2.75, 3.05) is 26.7 Å². The van der Waals surface area contributed by atoms with Crippen LogP contribution in [0.3, 0.4) is 0 Å². The molecular formula is C11H21N3O. The van der Waals surface area contributed by atoms with Gasteiger partial charge in [-0.3, -0.25) is 4.79 Å². The van der Waals surface area contributed by atoms with E-state index in [0.717, 1.165) is 19.6 Å². The quantitative estimate of drug-likeness (QED) is 0.671. The summed E-state index contributed by atoms with van der Waals surface area (Å²) in [7, 11) is 2.07. The van der Waals surface area contributed by atoms with Gasteiger partial charge in [-0.05, 0) is 20.4 Å². The molecule has 0 aromatic carbocycles. The van der Waals surface area contributed by atoms with Crippen molar-refractivity contribution >= 4 is 5.91 Å². The Bertz CT molecular complexity index is 242. The standard InChI is InChI=1S/C11H21N3O/c1-4-5-10(12)11(15)14-7-6-13(3)8-9(14)2/h4,9-10H,1,5-8,12H2,2-3H3. The normalized spacial score (nSPS) is 25.0. The van der Waals surface area contributed by atoms with Crippen LogP contribution in [0.1, 0.15) is 13.3 Å². The largest absolute Gasteiger partial charge is 0.336 e. The molecule has 4 heteroatoms.